The smallest absolute Gasteiger partial charge is 0.337 e. The van der Waals surface area contributed by atoms with E-state index in [1.165, 1.54) is 9.95 Å². The number of anilines is 1. The lowest BCUT2D eigenvalue weighted by Gasteiger charge is -2.19. The lowest BCUT2D eigenvalue weighted by atomic mass is 10.2. The van der Waals surface area contributed by atoms with Crippen LogP contribution in [0.4, 0.5) is 5.69 Å². The van der Waals surface area contributed by atoms with Crippen LogP contribution in [0, 0.1) is 0 Å². The molecule has 0 saturated carbocycles. The zero-order valence-electron chi connectivity index (χ0n) is 16.3. The van der Waals surface area contributed by atoms with Crippen LogP contribution in [0.15, 0.2) is 34.4 Å². The molecule has 0 bridgehead atoms. The molecule has 0 aliphatic heterocycles. The second kappa shape index (κ2) is 8.44. The number of carboxylic acid groups (broad SMARTS) is 1. The number of ether oxygens (including phenoxy) is 1. The minimum Gasteiger partial charge on any atom is -0.492 e. The van der Waals surface area contributed by atoms with Crippen molar-refractivity contribution in [1.82, 2.24) is 9.55 Å². The lowest BCUT2D eigenvalue weighted by Crippen LogP contribution is -2.34. The Labute approximate surface area is 170 Å². The number of hydrogen-bond acceptors (Lipinski definition) is 6. The molecule has 0 radical (unpaired) electrons. The van der Waals surface area contributed by atoms with Crippen molar-refractivity contribution < 1.29 is 19.4 Å². The molecule has 0 spiro atoms. The van der Waals surface area contributed by atoms with Gasteiger partial charge in [0.25, 0.3) is 5.56 Å². The van der Waals surface area contributed by atoms with Crippen molar-refractivity contribution >= 4 is 39.1 Å². The second-order valence-corrected chi connectivity index (χ2v) is 7.14. The number of fused-ring (bicyclic) bond motifs is 1. The van der Waals surface area contributed by atoms with Gasteiger partial charge in [0.1, 0.15) is 22.4 Å². The third-order valence-electron chi connectivity index (χ3n) is 4.47. The molecule has 0 saturated heterocycles. The summed E-state index contributed by atoms with van der Waals surface area (Å²) in [7, 11) is 0. The van der Waals surface area contributed by atoms with E-state index in [-0.39, 0.29) is 10.9 Å². The molecular formula is C20H21N3O5S. The van der Waals surface area contributed by atoms with Crippen molar-refractivity contribution in [2.24, 2.45) is 0 Å². The van der Waals surface area contributed by atoms with Crippen molar-refractivity contribution in [1.29, 1.82) is 0 Å². The molecule has 1 atom stereocenters. The van der Waals surface area contributed by atoms with Crippen LogP contribution in [0.1, 0.15) is 43.0 Å². The summed E-state index contributed by atoms with van der Waals surface area (Å²) in [5.41, 5.74) is -0.146. The number of nitrogens with one attached hydrogen (secondary N) is 1. The Morgan fingerprint density at radius 3 is 2.69 bits per heavy atom. The molecule has 9 heteroatoms. The molecule has 0 aliphatic rings. The fraction of sp³-hybridized carbons (Fsp3) is 0.300. The summed E-state index contributed by atoms with van der Waals surface area (Å²) in [6.45, 7) is 5.69. The van der Waals surface area contributed by atoms with Gasteiger partial charge >= 0.3 is 5.97 Å². The first kappa shape index (κ1) is 20.5. The number of rotatable bonds is 7. The highest BCUT2D eigenvalue weighted by Gasteiger charge is 2.25. The maximum atomic E-state index is 13.1. The molecule has 3 aromatic rings. The summed E-state index contributed by atoms with van der Waals surface area (Å²) < 4.78 is 6.79. The van der Waals surface area contributed by atoms with Gasteiger partial charge < -0.3 is 15.2 Å². The lowest BCUT2D eigenvalue weighted by molar-refractivity contribution is -0.119. The number of carboxylic acids is 1. The molecule has 1 amide bonds. The van der Waals surface area contributed by atoms with Gasteiger partial charge in [-0.3, -0.25) is 14.2 Å². The predicted molar refractivity (Wildman–Crippen MR) is 111 cm³/mol. The van der Waals surface area contributed by atoms with E-state index >= 15 is 0 Å². The summed E-state index contributed by atoms with van der Waals surface area (Å²) in [5, 5.41) is 13.6. The maximum absolute atomic E-state index is 13.1. The van der Waals surface area contributed by atoms with E-state index in [2.05, 4.69) is 10.3 Å². The fourth-order valence-corrected chi connectivity index (χ4v) is 3.98. The second-order valence-electron chi connectivity index (χ2n) is 6.29. The van der Waals surface area contributed by atoms with E-state index in [4.69, 9.17) is 4.74 Å². The van der Waals surface area contributed by atoms with Crippen LogP contribution in [-0.2, 0) is 11.2 Å². The number of aryl methyl sites for hydroxylation is 1. The number of carbonyl (C=O) groups is 2. The van der Waals surface area contributed by atoms with Crippen molar-refractivity contribution in [2.45, 2.75) is 33.2 Å². The molecule has 8 nitrogen and oxygen atoms in total. The number of carbonyl (C=O) groups excluding carboxylic acids is 1. The van der Waals surface area contributed by atoms with Gasteiger partial charge in [0, 0.05) is 11.8 Å². The topological polar surface area (TPSA) is 111 Å². The van der Waals surface area contributed by atoms with Gasteiger partial charge in [-0.15, -0.1) is 11.3 Å². The third kappa shape index (κ3) is 3.86. The molecule has 0 aliphatic carbocycles. The van der Waals surface area contributed by atoms with Crippen molar-refractivity contribution in [3.05, 3.63) is 51.4 Å². The summed E-state index contributed by atoms with van der Waals surface area (Å²) in [4.78, 5) is 42.3. The maximum Gasteiger partial charge on any atom is 0.337 e. The van der Waals surface area contributed by atoms with Crippen LogP contribution >= 0.6 is 11.3 Å². The van der Waals surface area contributed by atoms with E-state index in [0.29, 0.717) is 35.1 Å². The molecule has 1 aromatic carbocycles. The monoisotopic (exact) mass is 415 g/mol. The standard InChI is InChI=1S/C20H21N3O5S/c1-4-15-22-18-16(12(10-29-18)20(26)27)19(25)23(15)11(3)17(24)21-13-8-6-7-9-14(13)28-5-2/h6-11H,4-5H2,1-3H3,(H,21,24)(H,26,27). The highest BCUT2D eigenvalue weighted by Crippen LogP contribution is 2.26. The van der Waals surface area contributed by atoms with Crippen molar-refractivity contribution in [2.75, 3.05) is 11.9 Å². The number of benzene rings is 1. The number of amides is 1. The van der Waals surface area contributed by atoms with Crippen LogP contribution in [0.2, 0.25) is 0 Å². The Morgan fingerprint density at radius 2 is 2.03 bits per heavy atom. The van der Waals surface area contributed by atoms with Gasteiger partial charge in [0.15, 0.2) is 0 Å². The third-order valence-corrected chi connectivity index (χ3v) is 5.34. The Morgan fingerprint density at radius 1 is 1.31 bits per heavy atom. The van der Waals surface area contributed by atoms with Crippen LogP contribution < -0.4 is 15.6 Å². The van der Waals surface area contributed by atoms with Gasteiger partial charge in [-0.05, 0) is 26.0 Å². The highest BCUT2D eigenvalue weighted by molar-refractivity contribution is 7.17. The van der Waals surface area contributed by atoms with E-state index in [1.807, 2.05) is 13.8 Å². The largest absolute Gasteiger partial charge is 0.492 e. The molecule has 152 valence electrons. The highest BCUT2D eigenvalue weighted by atomic mass is 32.1. The normalized spacial score (nSPS) is 12.0. The average Bonchev–Trinajstić information content (AvgIpc) is 3.13. The zero-order chi connectivity index (χ0) is 21.1. The van der Waals surface area contributed by atoms with E-state index in [1.54, 1.807) is 31.2 Å². The first-order valence-corrected chi connectivity index (χ1v) is 10.1. The van der Waals surface area contributed by atoms with E-state index in [0.717, 1.165) is 11.3 Å². The van der Waals surface area contributed by atoms with Crippen molar-refractivity contribution in [3.63, 3.8) is 0 Å². The van der Waals surface area contributed by atoms with Gasteiger partial charge in [-0.1, -0.05) is 19.1 Å². The van der Waals surface area contributed by atoms with E-state index in [9.17, 15) is 19.5 Å². The number of thiophene rings is 1. The van der Waals surface area contributed by atoms with Gasteiger partial charge in [0.05, 0.1) is 23.2 Å². The van der Waals surface area contributed by atoms with Crippen LogP contribution in [0.3, 0.4) is 0 Å². The number of hydrogen-bond donors (Lipinski definition) is 2. The van der Waals surface area contributed by atoms with Crippen LogP contribution in [-0.4, -0.2) is 33.1 Å². The molecule has 2 heterocycles. The Bertz CT molecular complexity index is 1130. The fourth-order valence-electron chi connectivity index (χ4n) is 3.06. The van der Waals surface area contributed by atoms with E-state index < -0.39 is 23.5 Å². The number of aromatic carboxylic acids is 1. The number of aromatic nitrogens is 2. The Balaban J connectivity index is 2.04. The molecule has 1 unspecified atom stereocenters. The van der Waals surface area contributed by atoms with Gasteiger partial charge in [-0.2, -0.15) is 0 Å². The molecular weight excluding hydrogens is 394 g/mol. The molecule has 2 N–H and O–H groups in total. The predicted octanol–water partition coefficient (Wildman–Crippen LogP) is 3.32. The minimum absolute atomic E-state index is 0.0223. The first-order valence-electron chi connectivity index (χ1n) is 9.17. The SMILES string of the molecule is CCOc1ccccc1NC(=O)C(C)n1c(CC)nc2scc(C(=O)O)c2c1=O. The quantitative estimate of drug-likeness (QED) is 0.612. The molecule has 3 rings (SSSR count). The summed E-state index contributed by atoms with van der Waals surface area (Å²) in [5.74, 6) is -0.684. The summed E-state index contributed by atoms with van der Waals surface area (Å²) >= 11 is 1.10. The molecule has 29 heavy (non-hydrogen) atoms. The zero-order valence-corrected chi connectivity index (χ0v) is 17.1. The molecule has 0 fully saturated rings. The van der Waals surface area contributed by atoms with Gasteiger partial charge in [0.2, 0.25) is 5.91 Å². The minimum atomic E-state index is -1.20. The Hall–Kier alpha value is -3.20. The van der Waals surface area contributed by atoms with Crippen molar-refractivity contribution in [3.8, 4) is 5.75 Å². The first-order chi connectivity index (χ1) is 13.9. The van der Waals surface area contributed by atoms with Crippen LogP contribution in [0.25, 0.3) is 10.2 Å². The number of nitrogens with zero attached hydrogens (tertiary/aromatic N) is 2. The van der Waals surface area contributed by atoms with Gasteiger partial charge in [-0.25, -0.2) is 9.78 Å². The summed E-state index contributed by atoms with van der Waals surface area (Å²) in [6, 6.07) is 6.12. The average molecular weight is 415 g/mol. The molecule has 2 aromatic heterocycles. The summed E-state index contributed by atoms with van der Waals surface area (Å²) in [6.07, 6.45) is 0.415. The van der Waals surface area contributed by atoms with Crippen LogP contribution in [0.5, 0.6) is 5.75 Å². The Kier molecular flexibility index (Phi) is 5.97. The number of para-hydroxylation sites is 2.